The van der Waals surface area contributed by atoms with Gasteiger partial charge in [-0.1, -0.05) is 152 Å². The number of rotatable bonds is 8. The third kappa shape index (κ3) is 5.95. The Morgan fingerprint density at radius 3 is 1.27 bits per heavy atom. The lowest BCUT2D eigenvalue weighted by molar-refractivity contribution is 1.18. The molecule has 0 bridgehead atoms. The van der Waals surface area contributed by atoms with E-state index in [1.165, 1.54) is 44.5 Å². The molecular formula is C43H33N. The molecule has 0 heterocycles. The first-order valence-electron chi connectivity index (χ1n) is 15.2. The zero-order valence-electron chi connectivity index (χ0n) is 24.6. The van der Waals surface area contributed by atoms with Crippen LogP contribution in [0, 0.1) is 0 Å². The second kappa shape index (κ2) is 12.7. The van der Waals surface area contributed by atoms with Gasteiger partial charge in [-0.2, -0.15) is 0 Å². The summed E-state index contributed by atoms with van der Waals surface area (Å²) in [6.45, 7) is 0. The normalized spacial score (nSPS) is 10.8. The topological polar surface area (TPSA) is 3.24 Å². The highest BCUT2D eigenvalue weighted by Crippen LogP contribution is 2.41. The van der Waals surface area contributed by atoms with Crippen molar-refractivity contribution in [2.24, 2.45) is 0 Å². The summed E-state index contributed by atoms with van der Waals surface area (Å²) >= 11 is 0. The van der Waals surface area contributed by atoms with Crippen LogP contribution in [0.2, 0.25) is 0 Å². The van der Waals surface area contributed by atoms with Crippen molar-refractivity contribution < 1.29 is 0 Å². The zero-order chi connectivity index (χ0) is 29.6. The molecule has 210 valence electrons. The zero-order valence-corrected chi connectivity index (χ0v) is 24.6. The van der Waals surface area contributed by atoms with Crippen LogP contribution in [0.4, 0.5) is 17.1 Å². The van der Waals surface area contributed by atoms with Crippen molar-refractivity contribution >= 4 is 17.1 Å². The Balaban J connectivity index is 1.33. The summed E-state index contributed by atoms with van der Waals surface area (Å²) in [5, 5.41) is 0. The summed E-state index contributed by atoms with van der Waals surface area (Å²) in [5.74, 6) is 0. The maximum atomic E-state index is 2.36. The van der Waals surface area contributed by atoms with Gasteiger partial charge in [0, 0.05) is 17.1 Å². The average molecular weight is 564 g/mol. The first-order valence-corrected chi connectivity index (χ1v) is 15.2. The minimum atomic E-state index is 0.914. The van der Waals surface area contributed by atoms with E-state index in [4.69, 9.17) is 0 Å². The summed E-state index contributed by atoms with van der Waals surface area (Å²) in [4.78, 5) is 2.36. The van der Waals surface area contributed by atoms with E-state index in [1.807, 2.05) is 0 Å². The van der Waals surface area contributed by atoms with Crippen LogP contribution >= 0.6 is 0 Å². The van der Waals surface area contributed by atoms with Crippen molar-refractivity contribution in [2.75, 3.05) is 4.90 Å². The molecule has 0 N–H and O–H groups in total. The van der Waals surface area contributed by atoms with Crippen LogP contribution in [0.5, 0.6) is 0 Å². The van der Waals surface area contributed by atoms with Crippen molar-refractivity contribution in [2.45, 2.75) is 6.42 Å². The molecule has 7 rings (SSSR count). The molecule has 0 aliphatic carbocycles. The average Bonchev–Trinajstić information content (AvgIpc) is 3.11. The number of benzene rings is 7. The summed E-state index contributed by atoms with van der Waals surface area (Å²) in [5.41, 5.74) is 13.2. The molecule has 7 aromatic carbocycles. The Hall–Kier alpha value is -5.66. The largest absolute Gasteiger partial charge is 0.310 e. The van der Waals surface area contributed by atoms with Crippen LogP contribution in [-0.2, 0) is 6.42 Å². The number of hydrogen-bond acceptors (Lipinski definition) is 1. The van der Waals surface area contributed by atoms with E-state index in [2.05, 4.69) is 193 Å². The predicted molar refractivity (Wildman–Crippen MR) is 187 cm³/mol. The number of anilines is 3. The summed E-state index contributed by atoms with van der Waals surface area (Å²) < 4.78 is 0. The maximum Gasteiger partial charge on any atom is 0.0468 e. The van der Waals surface area contributed by atoms with Crippen molar-refractivity contribution in [1.82, 2.24) is 0 Å². The van der Waals surface area contributed by atoms with E-state index in [-0.39, 0.29) is 0 Å². The van der Waals surface area contributed by atoms with E-state index >= 15 is 0 Å². The molecule has 0 radical (unpaired) electrons. The minimum Gasteiger partial charge on any atom is -0.310 e. The molecule has 1 nitrogen and oxygen atoms in total. The Morgan fingerprint density at radius 1 is 0.295 bits per heavy atom. The van der Waals surface area contributed by atoms with Crippen molar-refractivity contribution in [3.63, 3.8) is 0 Å². The van der Waals surface area contributed by atoms with E-state index in [0.717, 1.165) is 23.5 Å². The van der Waals surface area contributed by atoms with Gasteiger partial charge in [0.1, 0.15) is 0 Å². The molecule has 0 unspecified atom stereocenters. The third-order valence-electron chi connectivity index (χ3n) is 8.11. The van der Waals surface area contributed by atoms with Crippen LogP contribution in [0.15, 0.2) is 188 Å². The monoisotopic (exact) mass is 563 g/mol. The van der Waals surface area contributed by atoms with Gasteiger partial charge in [0.2, 0.25) is 0 Å². The smallest absolute Gasteiger partial charge is 0.0468 e. The highest BCUT2D eigenvalue weighted by atomic mass is 15.1. The quantitative estimate of drug-likeness (QED) is 0.178. The predicted octanol–water partition coefficient (Wildman–Crippen LogP) is 11.7. The van der Waals surface area contributed by atoms with Gasteiger partial charge >= 0.3 is 0 Å². The van der Waals surface area contributed by atoms with Gasteiger partial charge in [-0.25, -0.2) is 0 Å². The Kier molecular flexibility index (Phi) is 7.84. The van der Waals surface area contributed by atoms with Crippen molar-refractivity contribution in [3.8, 4) is 33.4 Å². The molecule has 0 atom stereocenters. The fraction of sp³-hybridized carbons (Fsp3) is 0.0233. The molecule has 1 heteroatoms. The molecule has 0 aromatic heterocycles. The van der Waals surface area contributed by atoms with E-state index < -0.39 is 0 Å². The lowest BCUT2D eigenvalue weighted by Crippen LogP contribution is -2.10. The van der Waals surface area contributed by atoms with Crippen LogP contribution in [0.25, 0.3) is 33.4 Å². The molecule has 0 spiro atoms. The van der Waals surface area contributed by atoms with Crippen LogP contribution < -0.4 is 4.90 Å². The molecule has 0 fully saturated rings. The van der Waals surface area contributed by atoms with Gasteiger partial charge in [0.15, 0.2) is 0 Å². The SMILES string of the molecule is c1ccc(Cc2ccc(N(c3ccc(-c4ccccc4)cc3)c3ccc(-c4ccccc4)c(-c4ccccc4)c3)cc2)cc1. The van der Waals surface area contributed by atoms with Crippen molar-refractivity contribution in [1.29, 1.82) is 0 Å². The van der Waals surface area contributed by atoms with Crippen LogP contribution in [0.1, 0.15) is 11.1 Å². The van der Waals surface area contributed by atoms with Gasteiger partial charge in [-0.3, -0.25) is 0 Å². The summed E-state index contributed by atoms with van der Waals surface area (Å²) in [6.07, 6.45) is 0.914. The van der Waals surface area contributed by atoms with Gasteiger partial charge in [-0.05, 0) is 87.3 Å². The summed E-state index contributed by atoms with van der Waals surface area (Å²) in [6, 6.07) is 67.3. The van der Waals surface area contributed by atoms with Gasteiger partial charge in [0.05, 0.1) is 0 Å². The van der Waals surface area contributed by atoms with Gasteiger partial charge in [-0.15, -0.1) is 0 Å². The second-order valence-corrected chi connectivity index (χ2v) is 11.0. The fourth-order valence-corrected chi connectivity index (χ4v) is 5.87. The molecule has 44 heavy (non-hydrogen) atoms. The standard InChI is InChI=1S/C43H33N/c1-5-13-33(14-6-1)31-34-21-25-39(26-22-34)44(40-27-23-36(24-28-40)35-15-7-2-8-16-35)41-29-30-42(37-17-9-3-10-18-37)43(32-41)38-19-11-4-12-20-38/h1-30,32H,31H2. The molecule has 7 aromatic rings. The Morgan fingerprint density at radius 2 is 0.705 bits per heavy atom. The van der Waals surface area contributed by atoms with E-state index in [1.54, 1.807) is 0 Å². The molecule has 0 aliphatic heterocycles. The van der Waals surface area contributed by atoms with E-state index in [0.29, 0.717) is 0 Å². The maximum absolute atomic E-state index is 2.36. The van der Waals surface area contributed by atoms with Crippen molar-refractivity contribution in [3.05, 3.63) is 199 Å². The van der Waals surface area contributed by atoms with Crippen LogP contribution in [-0.4, -0.2) is 0 Å². The second-order valence-electron chi connectivity index (χ2n) is 11.0. The van der Waals surface area contributed by atoms with Gasteiger partial charge in [0.25, 0.3) is 0 Å². The fourth-order valence-electron chi connectivity index (χ4n) is 5.87. The highest BCUT2D eigenvalue weighted by Gasteiger charge is 2.16. The molecule has 0 saturated heterocycles. The first kappa shape index (κ1) is 27.2. The number of hydrogen-bond donors (Lipinski definition) is 0. The lowest BCUT2D eigenvalue weighted by atomic mass is 9.93. The Labute approximate surface area is 260 Å². The molecular weight excluding hydrogens is 530 g/mol. The molecule has 0 amide bonds. The lowest BCUT2D eigenvalue weighted by Gasteiger charge is -2.27. The van der Waals surface area contributed by atoms with E-state index in [9.17, 15) is 0 Å². The van der Waals surface area contributed by atoms with Gasteiger partial charge < -0.3 is 4.90 Å². The first-order chi connectivity index (χ1) is 21.8. The Bertz CT molecular complexity index is 1930. The third-order valence-corrected chi connectivity index (χ3v) is 8.11. The summed E-state index contributed by atoms with van der Waals surface area (Å²) in [7, 11) is 0. The molecule has 0 saturated carbocycles. The number of nitrogens with zero attached hydrogens (tertiary/aromatic N) is 1. The van der Waals surface area contributed by atoms with Crippen LogP contribution in [0.3, 0.4) is 0 Å². The molecule has 0 aliphatic rings. The highest BCUT2D eigenvalue weighted by molar-refractivity contribution is 5.89. The minimum absolute atomic E-state index is 0.914.